The number of rotatable bonds is 4. The minimum absolute atomic E-state index is 0.00234. The molecule has 2 heterocycles. The summed E-state index contributed by atoms with van der Waals surface area (Å²) in [5, 5.41) is 0. The van der Waals surface area contributed by atoms with Gasteiger partial charge in [-0.15, -0.1) is 0 Å². The molecular weight excluding hydrogens is 540 g/mol. The van der Waals surface area contributed by atoms with Crippen molar-refractivity contribution in [1.82, 2.24) is 9.80 Å². The lowest BCUT2D eigenvalue weighted by Gasteiger charge is -2.62. The van der Waals surface area contributed by atoms with Crippen LogP contribution < -0.4 is 0 Å². The number of quaternary nitrogens is 2. The highest BCUT2D eigenvalue weighted by atomic mass is 16.5. The van der Waals surface area contributed by atoms with Crippen molar-refractivity contribution in [1.29, 1.82) is 0 Å². The summed E-state index contributed by atoms with van der Waals surface area (Å²) in [6.07, 6.45) is 8.22. The minimum Gasteiger partial charge on any atom is -0.461 e. The molecule has 8 nitrogen and oxygen atoms in total. The molecule has 0 radical (unpaired) electrons. The van der Waals surface area contributed by atoms with Gasteiger partial charge in [-0.05, 0) is 74.0 Å². The van der Waals surface area contributed by atoms with Crippen molar-refractivity contribution in [2.75, 3.05) is 80.5 Å². The van der Waals surface area contributed by atoms with E-state index in [-0.39, 0.29) is 35.0 Å². The van der Waals surface area contributed by atoms with E-state index in [1.54, 1.807) is 13.8 Å². The van der Waals surface area contributed by atoms with Gasteiger partial charge < -0.3 is 18.4 Å². The average Bonchev–Trinajstić information content (AvgIpc) is 3.20. The van der Waals surface area contributed by atoms with Gasteiger partial charge >= 0.3 is 11.9 Å². The Morgan fingerprint density at radius 2 is 1.26 bits per heavy atom. The lowest BCUT2D eigenvalue weighted by atomic mass is 9.44. The Hall–Kier alpha value is -1.22. The molecule has 6 fully saturated rings. The minimum atomic E-state index is -0.123. The Morgan fingerprint density at radius 3 is 1.81 bits per heavy atom. The summed E-state index contributed by atoms with van der Waals surface area (Å²) in [7, 11) is 9.36. The van der Waals surface area contributed by atoms with Crippen molar-refractivity contribution in [3.63, 3.8) is 0 Å². The van der Waals surface area contributed by atoms with Crippen LogP contribution in [0.25, 0.3) is 0 Å². The van der Waals surface area contributed by atoms with Crippen molar-refractivity contribution in [2.24, 2.45) is 34.5 Å². The Morgan fingerprint density at radius 1 is 0.698 bits per heavy atom. The number of esters is 2. The summed E-state index contributed by atoms with van der Waals surface area (Å²) >= 11 is 0. The number of nitrogens with zero attached hydrogens (tertiary/aromatic N) is 4. The number of carbonyl (C=O) groups excluding carboxylic acids is 2. The number of hydrogen-bond acceptors (Lipinski definition) is 6. The van der Waals surface area contributed by atoms with Crippen LogP contribution in [0.5, 0.6) is 0 Å². The second kappa shape index (κ2) is 11.2. The summed E-state index contributed by atoms with van der Waals surface area (Å²) in [6.45, 7) is 17.3. The van der Waals surface area contributed by atoms with Gasteiger partial charge in [0.15, 0.2) is 0 Å². The molecule has 6 aliphatic rings. The molecule has 244 valence electrons. The summed E-state index contributed by atoms with van der Waals surface area (Å²) < 4.78 is 14.6. The van der Waals surface area contributed by atoms with E-state index in [2.05, 4.69) is 51.8 Å². The molecular formula is C35H62N4O4+2. The zero-order valence-corrected chi connectivity index (χ0v) is 28.6. The lowest BCUT2D eigenvalue weighted by Crippen LogP contribution is -2.64. The fourth-order valence-corrected chi connectivity index (χ4v) is 11.4. The first-order chi connectivity index (χ1) is 20.1. The molecule has 2 aliphatic heterocycles. The third-order valence-corrected chi connectivity index (χ3v) is 14.1. The number of likely N-dealkylation sites (N-methyl/N-ethyl adjacent to an activating group) is 2. The second-order valence-electron chi connectivity index (χ2n) is 17.5. The molecule has 0 amide bonds. The highest BCUT2D eigenvalue weighted by Crippen LogP contribution is 2.67. The molecule has 0 N–H and O–H groups in total. The first-order valence-corrected chi connectivity index (χ1v) is 17.6. The SMILES string of the molecule is CC(=O)O[C@@H]1C[C@@H]2CC[C@@H]3[C@@H](CC[C@@]4(C)[C@H]3C[C@H](N3CC[N+](C)(C)CC3)[C@@H]4OC(C)=O)[C@@]2(C)C[C@@H]1N1CC[N+](C)(C)CC1. The fourth-order valence-electron chi connectivity index (χ4n) is 11.4. The normalized spacial score (nSPS) is 46.2. The van der Waals surface area contributed by atoms with E-state index < -0.39 is 0 Å². The predicted molar refractivity (Wildman–Crippen MR) is 168 cm³/mol. The van der Waals surface area contributed by atoms with Crippen molar-refractivity contribution in [3.8, 4) is 0 Å². The van der Waals surface area contributed by atoms with Crippen LogP contribution in [0, 0.1) is 34.5 Å². The number of fused-ring (bicyclic) bond motifs is 5. The van der Waals surface area contributed by atoms with E-state index in [1.807, 2.05) is 0 Å². The molecule has 6 rings (SSSR count). The third-order valence-electron chi connectivity index (χ3n) is 14.1. The van der Waals surface area contributed by atoms with E-state index in [0.717, 1.165) is 80.6 Å². The van der Waals surface area contributed by atoms with Crippen LogP contribution in [-0.2, 0) is 19.1 Å². The van der Waals surface area contributed by atoms with Crippen LogP contribution in [-0.4, -0.2) is 136 Å². The maximum absolute atomic E-state index is 12.5. The first-order valence-electron chi connectivity index (χ1n) is 17.6. The Labute approximate surface area is 261 Å². The predicted octanol–water partition coefficient (Wildman–Crippen LogP) is 3.63. The summed E-state index contributed by atoms with van der Waals surface area (Å²) in [5.41, 5.74) is 0.308. The Kier molecular flexibility index (Phi) is 8.30. The van der Waals surface area contributed by atoms with Gasteiger partial charge in [0.05, 0.1) is 54.4 Å². The quantitative estimate of drug-likeness (QED) is 0.362. The van der Waals surface area contributed by atoms with Gasteiger partial charge in [0.1, 0.15) is 12.2 Å². The van der Waals surface area contributed by atoms with Crippen LogP contribution in [0.3, 0.4) is 0 Å². The number of hydrogen-bond donors (Lipinski definition) is 0. The monoisotopic (exact) mass is 602 g/mol. The van der Waals surface area contributed by atoms with E-state index in [4.69, 9.17) is 9.47 Å². The molecule has 0 aromatic carbocycles. The Bertz CT molecular complexity index is 1060. The maximum atomic E-state index is 12.5. The van der Waals surface area contributed by atoms with Crippen LogP contribution in [0.1, 0.15) is 72.6 Å². The second-order valence-corrected chi connectivity index (χ2v) is 17.5. The zero-order valence-electron chi connectivity index (χ0n) is 28.6. The van der Waals surface area contributed by atoms with Crippen molar-refractivity contribution in [2.45, 2.75) is 96.9 Å². The van der Waals surface area contributed by atoms with Crippen LogP contribution in [0.2, 0.25) is 0 Å². The fraction of sp³-hybridized carbons (Fsp3) is 0.943. The smallest absolute Gasteiger partial charge is 0.302 e. The van der Waals surface area contributed by atoms with E-state index in [9.17, 15) is 9.59 Å². The van der Waals surface area contributed by atoms with Crippen LogP contribution in [0.4, 0.5) is 0 Å². The van der Waals surface area contributed by atoms with Gasteiger partial charge in [0.2, 0.25) is 0 Å². The lowest BCUT2D eigenvalue weighted by molar-refractivity contribution is -0.894. The van der Waals surface area contributed by atoms with Crippen molar-refractivity contribution >= 4 is 11.9 Å². The third kappa shape index (κ3) is 5.81. The molecule has 8 heteroatoms. The standard InChI is InChI=1S/C35H62N4O4/c1-24(40)42-32-21-26-9-10-27-28(35(26,4)23-31(32)37-15-19-39(7,8)20-16-37)11-12-34(3)29(27)22-30(33(34)43-25(2)41)36-13-17-38(5,6)18-14-36/h26-33H,9-23H2,1-8H3/q+2/t26-,27+,28+,29-,30-,31-,32+,33-,34-,35-/m0/s1. The first kappa shape index (κ1) is 31.7. The molecule has 43 heavy (non-hydrogen) atoms. The van der Waals surface area contributed by atoms with E-state index in [0.29, 0.717) is 35.8 Å². The molecule has 4 saturated carbocycles. The van der Waals surface area contributed by atoms with Gasteiger partial charge in [-0.3, -0.25) is 19.4 Å². The van der Waals surface area contributed by atoms with Crippen molar-refractivity contribution in [3.05, 3.63) is 0 Å². The van der Waals surface area contributed by atoms with Gasteiger partial charge in [-0.25, -0.2) is 0 Å². The van der Waals surface area contributed by atoms with Crippen LogP contribution in [0.15, 0.2) is 0 Å². The molecule has 2 saturated heterocycles. The number of carbonyl (C=O) groups is 2. The maximum Gasteiger partial charge on any atom is 0.302 e. The molecule has 4 aliphatic carbocycles. The summed E-state index contributed by atoms with van der Waals surface area (Å²) in [4.78, 5) is 30.2. The summed E-state index contributed by atoms with van der Waals surface area (Å²) in [6, 6.07) is 0.656. The highest BCUT2D eigenvalue weighted by Gasteiger charge is 2.65. The van der Waals surface area contributed by atoms with Gasteiger partial charge in [0, 0.05) is 57.5 Å². The average molecular weight is 603 g/mol. The molecule has 0 bridgehead atoms. The topological polar surface area (TPSA) is 59.1 Å². The molecule has 0 aromatic heterocycles. The molecule has 10 atom stereocenters. The largest absolute Gasteiger partial charge is 0.461 e. The molecule has 0 aromatic rings. The van der Waals surface area contributed by atoms with Gasteiger partial charge in [-0.1, -0.05) is 13.8 Å². The van der Waals surface area contributed by atoms with Gasteiger partial charge in [0.25, 0.3) is 0 Å². The molecule has 0 spiro atoms. The Balaban J connectivity index is 1.26. The van der Waals surface area contributed by atoms with Crippen molar-refractivity contribution < 1.29 is 28.0 Å². The van der Waals surface area contributed by atoms with E-state index in [1.165, 1.54) is 25.7 Å². The highest BCUT2D eigenvalue weighted by molar-refractivity contribution is 5.66. The van der Waals surface area contributed by atoms with E-state index >= 15 is 0 Å². The number of ether oxygens (including phenoxy) is 2. The summed E-state index contributed by atoms with van der Waals surface area (Å²) in [5.74, 6) is 2.35. The van der Waals surface area contributed by atoms with Gasteiger partial charge in [-0.2, -0.15) is 0 Å². The van der Waals surface area contributed by atoms with Crippen LogP contribution >= 0.6 is 0 Å². The molecule has 0 unspecified atom stereocenters. The number of piperazine rings is 2. The zero-order chi connectivity index (χ0) is 30.9.